The largest absolute Gasteiger partial charge is 0.506 e. The fraction of sp³-hybridized carbons (Fsp3) is 0.0714. The number of fused-ring (bicyclic) bond motifs is 1. The Kier molecular flexibility index (Phi) is 3.16. The quantitative estimate of drug-likeness (QED) is 0.662. The van der Waals surface area contributed by atoms with Crippen molar-refractivity contribution >= 4 is 27.0 Å². The Morgan fingerprint density at radius 3 is 2.48 bits per heavy atom. The summed E-state index contributed by atoms with van der Waals surface area (Å²) in [6.07, 6.45) is -4.59. The van der Waals surface area contributed by atoms with Gasteiger partial charge in [-0.1, -0.05) is 12.1 Å². The van der Waals surface area contributed by atoms with Gasteiger partial charge >= 0.3 is 6.18 Å². The highest BCUT2D eigenvalue weighted by Crippen LogP contribution is 2.44. The first kappa shape index (κ1) is 13.9. The predicted octanol–water partition coefficient (Wildman–Crippen LogP) is 4.72. The number of nitrogens with zero attached hydrogens (tertiary/aromatic N) is 1. The lowest BCUT2D eigenvalue weighted by Gasteiger charge is -2.13. The Hall–Kier alpha value is -2.02. The summed E-state index contributed by atoms with van der Waals surface area (Å²) in [5.41, 5.74) is -0.185. The molecule has 21 heavy (non-hydrogen) atoms. The molecule has 0 fully saturated rings. The molecule has 0 amide bonds. The minimum absolute atomic E-state index is 0.0256. The molecule has 0 saturated heterocycles. The van der Waals surface area contributed by atoms with Gasteiger partial charge in [0.1, 0.15) is 11.6 Å². The maximum absolute atomic E-state index is 13.1. The molecule has 0 aliphatic carbocycles. The molecule has 0 aliphatic rings. The van der Waals surface area contributed by atoms with Gasteiger partial charge in [0.15, 0.2) is 0 Å². The van der Waals surface area contributed by atoms with E-state index in [9.17, 15) is 18.3 Å². The van der Waals surface area contributed by atoms with Gasteiger partial charge in [-0.05, 0) is 40.2 Å². The third-order valence-electron chi connectivity index (χ3n) is 3.06. The molecule has 0 saturated carbocycles. The minimum atomic E-state index is -4.59. The Morgan fingerprint density at radius 2 is 1.81 bits per heavy atom. The summed E-state index contributed by atoms with van der Waals surface area (Å²) in [4.78, 5) is 6.92. The van der Waals surface area contributed by atoms with Gasteiger partial charge in [0.05, 0.1) is 26.6 Å². The highest BCUT2D eigenvalue weighted by molar-refractivity contribution is 9.10. The smallest absolute Gasteiger partial charge is 0.417 e. The number of phenolic OH excluding ortho intramolecular Hbond substituents is 1. The molecular formula is C14H8BrF3N2O. The average molecular weight is 357 g/mol. The zero-order valence-corrected chi connectivity index (χ0v) is 12.0. The number of halogens is 4. The summed E-state index contributed by atoms with van der Waals surface area (Å²) < 4.78 is 39.6. The van der Waals surface area contributed by atoms with Crippen LogP contribution < -0.4 is 0 Å². The summed E-state index contributed by atoms with van der Waals surface area (Å²) in [6, 6.07) is 8.93. The molecule has 0 spiro atoms. The number of alkyl halides is 3. The molecule has 3 rings (SSSR count). The van der Waals surface area contributed by atoms with Crippen LogP contribution in [0.1, 0.15) is 5.56 Å². The lowest BCUT2D eigenvalue weighted by molar-refractivity contribution is -0.137. The summed E-state index contributed by atoms with van der Waals surface area (Å²) in [7, 11) is 0. The van der Waals surface area contributed by atoms with Gasteiger partial charge in [-0.15, -0.1) is 0 Å². The number of aromatic hydroxyl groups is 1. The Balaban J connectivity index is 2.32. The van der Waals surface area contributed by atoms with Gasteiger partial charge in [0, 0.05) is 0 Å². The van der Waals surface area contributed by atoms with Gasteiger partial charge in [-0.25, -0.2) is 4.98 Å². The number of H-pyrrole nitrogens is 1. The maximum atomic E-state index is 13.1. The van der Waals surface area contributed by atoms with E-state index < -0.39 is 17.5 Å². The van der Waals surface area contributed by atoms with E-state index >= 15 is 0 Å². The van der Waals surface area contributed by atoms with Crippen molar-refractivity contribution < 1.29 is 18.3 Å². The second-order valence-corrected chi connectivity index (χ2v) is 5.27. The summed E-state index contributed by atoms with van der Waals surface area (Å²) in [5, 5.41) is 10.0. The number of phenols is 1. The second kappa shape index (κ2) is 4.77. The Morgan fingerprint density at radius 1 is 1.10 bits per heavy atom. The minimum Gasteiger partial charge on any atom is -0.506 e. The molecule has 7 heteroatoms. The highest BCUT2D eigenvalue weighted by atomic mass is 79.9. The van der Waals surface area contributed by atoms with Crippen molar-refractivity contribution in [2.45, 2.75) is 6.18 Å². The monoisotopic (exact) mass is 356 g/mol. The highest BCUT2D eigenvalue weighted by Gasteiger charge is 2.36. The maximum Gasteiger partial charge on any atom is 0.417 e. The fourth-order valence-electron chi connectivity index (χ4n) is 2.11. The van der Waals surface area contributed by atoms with Crippen LogP contribution in [0.3, 0.4) is 0 Å². The number of hydrogen-bond acceptors (Lipinski definition) is 2. The standard InChI is InChI=1S/C14H8BrF3N2O/c15-8-6-5-7(14(16,17)18)11(12(8)21)13-19-9-3-1-2-4-10(9)20-13/h1-6,21H,(H,19,20). The molecular weight excluding hydrogens is 349 g/mol. The van der Waals surface area contributed by atoms with Crippen molar-refractivity contribution in [2.75, 3.05) is 0 Å². The van der Waals surface area contributed by atoms with E-state index in [0.29, 0.717) is 11.0 Å². The van der Waals surface area contributed by atoms with Crippen molar-refractivity contribution in [2.24, 2.45) is 0 Å². The van der Waals surface area contributed by atoms with Crippen molar-refractivity contribution in [1.82, 2.24) is 9.97 Å². The molecule has 1 aromatic heterocycles. The van der Waals surface area contributed by atoms with E-state index in [0.717, 1.165) is 12.1 Å². The molecule has 0 radical (unpaired) electrons. The van der Waals surface area contributed by atoms with E-state index in [4.69, 9.17) is 0 Å². The lowest BCUT2D eigenvalue weighted by Crippen LogP contribution is -2.08. The van der Waals surface area contributed by atoms with E-state index in [1.165, 1.54) is 0 Å². The van der Waals surface area contributed by atoms with Crippen LogP contribution in [0.25, 0.3) is 22.4 Å². The van der Waals surface area contributed by atoms with Gasteiger partial charge < -0.3 is 10.1 Å². The summed E-state index contributed by atoms with van der Waals surface area (Å²) in [6.45, 7) is 0. The normalized spacial score (nSPS) is 12.0. The van der Waals surface area contributed by atoms with Crippen LogP contribution in [-0.2, 0) is 6.18 Å². The SMILES string of the molecule is Oc1c(Br)ccc(C(F)(F)F)c1-c1nc2ccccc2[nH]1. The van der Waals surface area contributed by atoms with Crippen LogP contribution >= 0.6 is 15.9 Å². The van der Waals surface area contributed by atoms with Crippen LogP contribution in [0.4, 0.5) is 13.2 Å². The van der Waals surface area contributed by atoms with Crippen LogP contribution in [0.2, 0.25) is 0 Å². The van der Waals surface area contributed by atoms with Gasteiger partial charge in [0.2, 0.25) is 0 Å². The number of benzene rings is 2. The Bertz CT molecular complexity index is 794. The third kappa shape index (κ3) is 2.37. The van der Waals surface area contributed by atoms with Crippen LogP contribution in [0, 0.1) is 0 Å². The molecule has 1 heterocycles. The van der Waals surface area contributed by atoms with E-state index in [1.807, 2.05) is 0 Å². The first-order valence-electron chi connectivity index (χ1n) is 5.91. The number of para-hydroxylation sites is 2. The van der Waals surface area contributed by atoms with Crippen molar-refractivity contribution in [3.05, 3.63) is 46.4 Å². The number of aromatic amines is 1. The topological polar surface area (TPSA) is 48.9 Å². The van der Waals surface area contributed by atoms with E-state index in [1.54, 1.807) is 24.3 Å². The molecule has 3 nitrogen and oxygen atoms in total. The van der Waals surface area contributed by atoms with E-state index in [2.05, 4.69) is 25.9 Å². The number of rotatable bonds is 1. The zero-order chi connectivity index (χ0) is 15.2. The van der Waals surface area contributed by atoms with Gasteiger partial charge in [-0.3, -0.25) is 0 Å². The summed E-state index contributed by atoms with van der Waals surface area (Å²) in [5.74, 6) is -0.522. The molecule has 2 N–H and O–H groups in total. The molecule has 108 valence electrons. The van der Waals surface area contributed by atoms with Crippen molar-refractivity contribution in [1.29, 1.82) is 0 Å². The van der Waals surface area contributed by atoms with Crippen LogP contribution in [-0.4, -0.2) is 15.1 Å². The molecule has 2 aromatic carbocycles. The number of hydrogen-bond donors (Lipinski definition) is 2. The Labute approximate surface area is 125 Å². The van der Waals surface area contributed by atoms with Crippen molar-refractivity contribution in [3.8, 4) is 17.1 Å². The third-order valence-corrected chi connectivity index (χ3v) is 3.70. The fourth-order valence-corrected chi connectivity index (χ4v) is 2.44. The first-order valence-corrected chi connectivity index (χ1v) is 6.71. The van der Waals surface area contributed by atoms with Crippen molar-refractivity contribution in [3.63, 3.8) is 0 Å². The molecule has 0 aliphatic heterocycles. The molecule has 3 aromatic rings. The molecule has 0 atom stereocenters. The van der Waals surface area contributed by atoms with Crippen LogP contribution in [0.15, 0.2) is 40.9 Å². The predicted molar refractivity (Wildman–Crippen MR) is 75.9 cm³/mol. The van der Waals surface area contributed by atoms with Gasteiger partial charge in [-0.2, -0.15) is 13.2 Å². The number of nitrogens with one attached hydrogen (secondary N) is 1. The van der Waals surface area contributed by atoms with Gasteiger partial charge in [0.25, 0.3) is 0 Å². The molecule has 0 bridgehead atoms. The second-order valence-electron chi connectivity index (χ2n) is 4.42. The average Bonchev–Trinajstić information content (AvgIpc) is 2.83. The summed E-state index contributed by atoms with van der Waals surface area (Å²) >= 11 is 3.03. The molecule has 0 unspecified atom stereocenters. The number of imidazole rings is 1. The first-order chi connectivity index (χ1) is 9.88. The zero-order valence-electron chi connectivity index (χ0n) is 10.4. The van der Waals surface area contributed by atoms with Crippen LogP contribution in [0.5, 0.6) is 5.75 Å². The lowest BCUT2D eigenvalue weighted by atomic mass is 10.1. The van der Waals surface area contributed by atoms with E-state index in [-0.39, 0.29) is 15.9 Å². The number of aromatic nitrogens is 2.